The Morgan fingerprint density at radius 3 is 2.15 bits per heavy atom. The largest absolute Gasteiger partial charge is 0.480 e. The van der Waals surface area contributed by atoms with E-state index in [-0.39, 0.29) is 18.4 Å². The van der Waals surface area contributed by atoms with E-state index in [4.69, 9.17) is 4.74 Å². The molecule has 0 spiro atoms. The van der Waals surface area contributed by atoms with Gasteiger partial charge in [-0.3, -0.25) is 4.79 Å². The van der Waals surface area contributed by atoms with Crippen molar-refractivity contribution in [2.45, 2.75) is 52.8 Å². The number of carboxylic acids is 1. The van der Waals surface area contributed by atoms with Crippen molar-refractivity contribution in [1.82, 2.24) is 10.6 Å². The van der Waals surface area contributed by atoms with Crippen LogP contribution in [0.25, 0.3) is 0 Å². The fraction of sp³-hybridized carbons (Fsp3) is 0.526. The van der Waals surface area contributed by atoms with Gasteiger partial charge in [0.15, 0.2) is 0 Å². The quantitative estimate of drug-likeness (QED) is 0.625. The van der Waals surface area contributed by atoms with Crippen LogP contribution in [-0.2, 0) is 20.9 Å². The third kappa shape index (κ3) is 7.55. The van der Waals surface area contributed by atoms with Crippen LogP contribution < -0.4 is 10.6 Å². The maximum Gasteiger partial charge on any atom is 0.408 e. The summed E-state index contributed by atoms with van der Waals surface area (Å²) in [4.78, 5) is 35.8. The molecule has 0 saturated heterocycles. The van der Waals surface area contributed by atoms with Gasteiger partial charge in [-0.25, -0.2) is 9.59 Å². The number of nitrogens with one attached hydrogen (secondary N) is 2. The molecular weight excluding hydrogens is 336 g/mol. The molecule has 2 atom stereocenters. The Morgan fingerprint density at radius 1 is 1.04 bits per heavy atom. The van der Waals surface area contributed by atoms with Gasteiger partial charge in [0.25, 0.3) is 0 Å². The lowest BCUT2D eigenvalue weighted by Crippen LogP contribution is -2.54. The summed E-state index contributed by atoms with van der Waals surface area (Å²) < 4.78 is 5.13. The average molecular weight is 364 g/mol. The first kappa shape index (κ1) is 21.5. The Bertz CT molecular complexity index is 601. The maximum absolute atomic E-state index is 12.4. The number of alkyl carbamates (subject to hydrolysis) is 1. The number of hydrogen-bond donors (Lipinski definition) is 3. The van der Waals surface area contributed by atoms with Crippen LogP contribution >= 0.6 is 0 Å². The predicted molar refractivity (Wildman–Crippen MR) is 97.4 cm³/mol. The zero-order chi connectivity index (χ0) is 19.7. The van der Waals surface area contributed by atoms with Gasteiger partial charge in [-0.15, -0.1) is 0 Å². The molecule has 26 heavy (non-hydrogen) atoms. The first-order valence-corrected chi connectivity index (χ1v) is 8.71. The van der Waals surface area contributed by atoms with Crippen molar-refractivity contribution in [2.75, 3.05) is 0 Å². The van der Waals surface area contributed by atoms with E-state index < -0.39 is 30.1 Å². The van der Waals surface area contributed by atoms with Crippen molar-refractivity contribution in [3.8, 4) is 0 Å². The van der Waals surface area contributed by atoms with Crippen LogP contribution in [0.4, 0.5) is 4.79 Å². The highest BCUT2D eigenvalue weighted by atomic mass is 16.5. The van der Waals surface area contributed by atoms with Gasteiger partial charge in [-0.1, -0.05) is 58.0 Å². The number of hydrogen-bond acceptors (Lipinski definition) is 4. The van der Waals surface area contributed by atoms with Gasteiger partial charge in [0.05, 0.1) is 0 Å². The number of amides is 2. The highest BCUT2D eigenvalue weighted by Crippen LogP contribution is 2.08. The van der Waals surface area contributed by atoms with Crippen LogP contribution in [0.2, 0.25) is 0 Å². The van der Waals surface area contributed by atoms with Gasteiger partial charge < -0.3 is 20.5 Å². The number of benzene rings is 1. The van der Waals surface area contributed by atoms with Crippen molar-refractivity contribution >= 4 is 18.0 Å². The first-order valence-electron chi connectivity index (χ1n) is 8.71. The van der Waals surface area contributed by atoms with Gasteiger partial charge in [0.1, 0.15) is 18.7 Å². The Morgan fingerprint density at radius 2 is 1.65 bits per heavy atom. The summed E-state index contributed by atoms with van der Waals surface area (Å²) in [6, 6.07) is 7.30. The van der Waals surface area contributed by atoms with E-state index in [0.29, 0.717) is 6.42 Å². The summed E-state index contributed by atoms with van der Waals surface area (Å²) in [6.45, 7) is 7.37. The van der Waals surface area contributed by atoms with Crippen LogP contribution in [0.5, 0.6) is 0 Å². The van der Waals surface area contributed by atoms with Crippen molar-refractivity contribution in [1.29, 1.82) is 0 Å². The molecule has 0 fully saturated rings. The molecule has 0 unspecified atom stereocenters. The normalized spacial score (nSPS) is 13.2. The van der Waals surface area contributed by atoms with Gasteiger partial charge in [0.2, 0.25) is 5.91 Å². The number of carbonyl (C=O) groups is 3. The Balaban J connectivity index is 2.64. The van der Waals surface area contributed by atoms with Gasteiger partial charge >= 0.3 is 12.1 Å². The summed E-state index contributed by atoms with van der Waals surface area (Å²) in [5.74, 6) is -1.75. The molecular formula is C19H28N2O5. The molecule has 7 heteroatoms. The molecule has 7 nitrogen and oxygen atoms in total. The highest BCUT2D eigenvalue weighted by molar-refractivity contribution is 5.89. The van der Waals surface area contributed by atoms with Gasteiger partial charge in [-0.05, 0) is 23.8 Å². The average Bonchev–Trinajstić information content (AvgIpc) is 2.57. The van der Waals surface area contributed by atoms with Crippen molar-refractivity contribution in [3.05, 3.63) is 35.9 Å². The molecule has 0 radical (unpaired) electrons. The molecule has 144 valence electrons. The lowest BCUT2D eigenvalue weighted by Gasteiger charge is -2.24. The third-order valence-corrected chi connectivity index (χ3v) is 3.76. The van der Waals surface area contributed by atoms with E-state index in [1.54, 1.807) is 13.8 Å². The second kappa shape index (κ2) is 10.4. The third-order valence-electron chi connectivity index (χ3n) is 3.76. The zero-order valence-electron chi connectivity index (χ0n) is 15.7. The summed E-state index contributed by atoms with van der Waals surface area (Å²) in [7, 11) is 0. The zero-order valence-corrected chi connectivity index (χ0v) is 15.7. The Labute approximate surface area is 154 Å². The van der Waals surface area contributed by atoms with E-state index in [9.17, 15) is 19.5 Å². The monoisotopic (exact) mass is 364 g/mol. The summed E-state index contributed by atoms with van der Waals surface area (Å²) in [5.41, 5.74) is 0.830. The summed E-state index contributed by atoms with van der Waals surface area (Å²) >= 11 is 0. The van der Waals surface area contributed by atoms with E-state index in [1.165, 1.54) is 0 Å². The van der Waals surface area contributed by atoms with E-state index in [2.05, 4.69) is 10.6 Å². The fourth-order valence-electron chi connectivity index (χ4n) is 2.38. The van der Waals surface area contributed by atoms with E-state index in [1.807, 2.05) is 44.2 Å². The minimum Gasteiger partial charge on any atom is -0.480 e. The Hall–Kier alpha value is -2.57. The Kier molecular flexibility index (Phi) is 8.61. The SMILES string of the molecule is CC(C)C[C@H](NC(=O)[C@@H](NC(=O)OCc1ccccc1)C(C)C)C(=O)O. The number of rotatable bonds is 9. The first-order chi connectivity index (χ1) is 12.2. The summed E-state index contributed by atoms with van der Waals surface area (Å²) in [6.07, 6.45) is -0.414. The lowest BCUT2D eigenvalue weighted by molar-refractivity contribution is -0.142. The van der Waals surface area contributed by atoms with Crippen LogP contribution in [0.3, 0.4) is 0 Å². The molecule has 1 aromatic rings. The fourth-order valence-corrected chi connectivity index (χ4v) is 2.38. The second-order valence-corrected chi connectivity index (χ2v) is 6.96. The molecule has 0 aliphatic heterocycles. The molecule has 2 amide bonds. The van der Waals surface area contributed by atoms with E-state index >= 15 is 0 Å². The number of aliphatic carboxylic acids is 1. The lowest BCUT2D eigenvalue weighted by atomic mass is 10.0. The molecule has 0 aromatic heterocycles. The summed E-state index contributed by atoms with van der Waals surface area (Å²) in [5, 5.41) is 14.3. The molecule has 3 N–H and O–H groups in total. The molecule has 0 aliphatic carbocycles. The molecule has 1 rings (SSSR count). The topological polar surface area (TPSA) is 105 Å². The second-order valence-electron chi connectivity index (χ2n) is 6.96. The van der Waals surface area contributed by atoms with Crippen LogP contribution in [0, 0.1) is 11.8 Å². The highest BCUT2D eigenvalue weighted by Gasteiger charge is 2.29. The van der Waals surface area contributed by atoms with Crippen molar-refractivity contribution in [3.63, 3.8) is 0 Å². The standard InChI is InChI=1S/C19H28N2O5/c1-12(2)10-15(18(23)24)20-17(22)16(13(3)4)21-19(25)26-11-14-8-6-5-7-9-14/h5-9,12-13,15-16H,10-11H2,1-4H3,(H,20,22)(H,21,25)(H,23,24)/t15-,16-/m0/s1. The smallest absolute Gasteiger partial charge is 0.408 e. The maximum atomic E-state index is 12.4. The molecule has 0 saturated carbocycles. The molecule has 0 aliphatic rings. The van der Waals surface area contributed by atoms with Crippen LogP contribution in [0.1, 0.15) is 39.7 Å². The van der Waals surface area contributed by atoms with Crippen LogP contribution in [0.15, 0.2) is 30.3 Å². The minimum atomic E-state index is -1.10. The predicted octanol–water partition coefficient (Wildman–Crippen LogP) is 2.55. The molecule has 1 aromatic carbocycles. The molecule has 0 heterocycles. The van der Waals surface area contributed by atoms with Gasteiger partial charge in [-0.2, -0.15) is 0 Å². The number of carboxylic acid groups (broad SMARTS) is 1. The van der Waals surface area contributed by atoms with Gasteiger partial charge in [0, 0.05) is 0 Å². The van der Waals surface area contributed by atoms with Crippen molar-refractivity contribution in [2.24, 2.45) is 11.8 Å². The number of ether oxygens (including phenoxy) is 1. The minimum absolute atomic E-state index is 0.0875. The van der Waals surface area contributed by atoms with E-state index in [0.717, 1.165) is 5.56 Å². The molecule has 0 bridgehead atoms. The number of carbonyl (C=O) groups excluding carboxylic acids is 2. The van der Waals surface area contributed by atoms with Crippen LogP contribution in [-0.4, -0.2) is 35.2 Å². The van der Waals surface area contributed by atoms with Crippen molar-refractivity contribution < 1.29 is 24.2 Å².